The number of amides is 1. The average molecular weight is 269 g/mol. The molecule has 0 saturated heterocycles. The van der Waals surface area contributed by atoms with Gasteiger partial charge in [0.15, 0.2) is 0 Å². The van der Waals surface area contributed by atoms with E-state index in [9.17, 15) is 4.79 Å². The van der Waals surface area contributed by atoms with Crippen LogP contribution in [0.3, 0.4) is 0 Å². The van der Waals surface area contributed by atoms with Crippen LogP contribution in [0.5, 0.6) is 5.75 Å². The molecule has 2 rings (SSSR count). The third-order valence-electron chi connectivity index (χ3n) is 3.30. The lowest BCUT2D eigenvalue weighted by molar-refractivity contribution is 0.102. The molecule has 0 heterocycles. The van der Waals surface area contributed by atoms with Gasteiger partial charge in [-0.05, 0) is 61.7 Å². The highest BCUT2D eigenvalue weighted by Gasteiger charge is 2.09. The molecule has 0 aliphatic heterocycles. The van der Waals surface area contributed by atoms with Gasteiger partial charge in [0.05, 0.1) is 7.11 Å². The Bertz CT molecular complexity index is 647. The van der Waals surface area contributed by atoms with Crippen molar-refractivity contribution >= 4 is 11.6 Å². The first-order valence-corrected chi connectivity index (χ1v) is 6.54. The van der Waals surface area contributed by atoms with Gasteiger partial charge in [-0.3, -0.25) is 4.79 Å². The fourth-order valence-electron chi connectivity index (χ4n) is 2.08. The highest BCUT2D eigenvalue weighted by molar-refractivity contribution is 6.04. The molecule has 2 aromatic carbocycles. The molecule has 0 radical (unpaired) electrons. The lowest BCUT2D eigenvalue weighted by Crippen LogP contribution is -2.13. The van der Waals surface area contributed by atoms with Crippen molar-refractivity contribution in [1.29, 1.82) is 0 Å². The number of aryl methyl sites for hydroxylation is 3. The molecule has 0 aliphatic carbocycles. The van der Waals surface area contributed by atoms with Crippen molar-refractivity contribution in [2.24, 2.45) is 0 Å². The molecule has 3 heteroatoms. The van der Waals surface area contributed by atoms with Crippen molar-refractivity contribution in [2.45, 2.75) is 20.8 Å². The summed E-state index contributed by atoms with van der Waals surface area (Å²) in [6.07, 6.45) is 0. The second kappa shape index (κ2) is 5.78. The van der Waals surface area contributed by atoms with Gasteiger partial charge >= 0.3 is 0 Å². The molecular weight excluding hydrogens is 250 g/mol. The molecule has 0 aromatic heterocycles. The Morgan fingerprint density at radius 3 is 2.40 bits per heavy atom. The SMILES string of the molecule is COc1ccc(C(=O)Nc2cc(C)ccc2C)cc1C. The topological polar surface area (TPSA) is 38.3 Å². The Morgan fingerprint density at radius 2 is 1.75 bits per heavy atom. The Hall–Kier alpha value is -2.29. The molecule has 0 aliphatic rings. The van der Waals surface area contributed by atoms with Crippen molar-refractivity contribution in [3.63, 3.8) is 0 Å². The number of methoxy groups -OCH3 is 1. The summed E-state index contributed by atoms with van der Waals surface area (Å²) in [5.41, 5.74) is 4.60. The summed E-state index contributed by atoms with van der Waals surface area (Å²) in [6.45, 7) is 5.91. The summed E-state index contributed by atoms with van der Waals surface area (Å²) >= 11 is 0. The normalized spacial score (nSPS) is 10.2. The molecule has 1 amide bonds. The largest absolute Gasteiger partial charge is 0.496 e. The number of hydrogen-bond donors (Lipinski definition) is 1. The summed E-state index contributed by atoms with van der Waals surface area (Å²) in [6, 6.07) is 11.4. The van der Waals surface area contributed by atoms with Crippen LogP contribution >= 0.6 is 0 Å². The lowest BCUT2D eigenvalue weighted by atomic mass is 10.1. The van der Waals surface area contributed by atoms with Gasteiger partial charge in [0, 0.05) is 11.3 Å². The van der Waals surface area contributed by atoms with Crippen molar-refractivity contribution in [1.82, 2.24) is 0 Å². The van der Waals surface area contributed by atoms with Crippen LogP contribution in [0.4, 0.5) is 5.69 Å². The molecule has 0 unspecified atom stereocenters. The summed E-state index contributed by atoms with van der Waals surface area (Å²) < 4.78 is 5.20. The van der Waals surface area contributed by atoms with Crippen LogP contribution in [0, 0.1) is 20.8 Å². The van der Waals surface area contributed by atoms with Crippen LogP contribution in [0.2, 0.25) is 0 Å². The second-order valence-corrected chi connectivity index (χ2v) is 4.96. The minimum absolute atomic E-state index is 0.107. The number of carbonyl (C=O) groups excluding carboxylic acids is 1. The molecule has 0 fully saturated rings. The monoisotopic (exact) mass is 269 g/mol. The van der Waals surface area contributed by atoms with Gasteiger partial charge in [-0.25, -0.2) is 0 Å². The van der Waals surface area contributed by atoms with Crippen LogP contribution in [-0.2, 0) is 0 Å². The lowest BCUT2D eigenvalue weighted by Gasteiger charge is -2.11. The maximum Gasteiger partial charge on any atom is 0.255 e. The zero-order chi connectivity index (χ0) is 14.7. The summed E-state index contributed by atoms with van der Waals surface area (Å²) in [5, 5.41) is 2.95. The molecule has 0 atom stereocenters. The van der Waals surface area contributed by atoms with E-state index < -0.39 is 0 Å². The third kappa shape index (κ3) is 2.99. The minimum Gasteiger partial charge on any atom is -0.496 e. The van der Waals surface area contributed by atoms with Crippen molar-refractivity contribution < 1.29 is 9.53 Å². The van der Waals surface area contributed by atoms with E-state index in [-0.39, 0.29) is 5.91 Å². The number of rotatable bonds is 3. The number of benzene rings is 2. The molecule has 2 aromatic rings. The van der Waals surface area contributed by atoms with E-state index in [0.717, 1.165) is 28.1 Å². The van der Waals surface area contributed by atoms with E-state index >= 15 is 0 Å². The second-order valence-electron chi connectivity index (χ2n) is 4.96. The number of anilines is 1. The van der Waals surface area contributed by atoms with Gasteiger partial charge in [0.25, 0.3) is 5.91 Å². The molecule has 0 spiro atoms. The van der Waals surface area contributed by atoms with E-state index in [2.05, 4.69) is 5.32 Å². The Balaban J connectivity index is 2.24. The van der Waals surface area contributed by atoms with Crippen LogP contribution < -0.4 is 10.1 Å². The van der Waals surface area contributed by atoms with E-state index in [4.69, 9.17) is 4.74 Å². The quantitative estimate of drug-likeness (QED) is 0.918. The number of hydrogen-bond acceptors (Lipinski definition) is 2. The zero-order valence-corrected chi connectivity index (χ0v) is 12.3. The van der Waals surface area contributed by atoms with E-state index in [1.165, 1.54) is 0 Å². The fraction of sp³-hybridized carbons (Fsp3) is 0.235. The Labute approximate surface area is 119 Å². The van der Waals surface area contributed by atoms with Crippen LogP contribution in [-0.4, -0.2) is 13.0 Å². The van der Waals surface area contributed by atoms with Gasteiger partial charge in [0.2, 0.25) is 0 Å². The number of nitrogens with one attached hydrogen (secondary N) is 1. The maximum absolute atomic E-state index is 12.3. The van der Waals surface area contributed by atoms with Crippen molar-refractivity contribution in [2.75, 3.05) is 12.4 Å². The van der Waals surface area contributed by atoms with E-state index in [1.807, 2.05) is 51.1 Å². The van der Waals surface area contributed by atoms with Gasteiger partial charge in [-0.1, -0.05) is 12.1 Å². The van der Waals surface area contributed by atoms with Crippen molar-refractivity contribution in [3.05, 3.63) is 58.7 Å². The fourth-order valence-corrected chi connectivity index (χ4v) is 2.08. The molecule has 20 heavy (non-hydrogen) atoms. The standard InChI is InChI=1S/C17H19NO2/c1-11-5-6-12(2)15(9-11)18-17(19)14-7-8-16(20-4)13(3)10-14/h5-10H,1-4H3,(H,18,19). The first kappa shape index (κ1) is 14.1. The number of carbonyl (C=O) groups is 1. The third-order valence-corrected chi connectivity index (χ3v) is 3.30. The summed E-state index contributed by atoms with van der Waals surface area (Å²) in [7, 11) is 1.62. The minimum atomic E-state index is -0.107. The average Bonchev–Trinajstić information content (AvgIpc) is 2.42. The summed E-state index contributed by atoms with van der Waals surface area (Å²) in [5.74, 6) is 0.678. The molecule has 3 nitrogen and oxygen atoms in total. The molecule has 0 bridgehead atoms. The van der Waals surface area contributed by atoms with E-state index in [1.54, 1.807) is 13.2 Å². The molecule has 104 valence electrons. The predicted molar refractivity (Wildman–Crippen MR) is 81.6 cm³/mol. The van der Waals surface area contributed by atoms with Crippen LogP contribution in [0.15, 0.2) is 36.4 Å². The maximum atomic E-state index is 12.3. The van der Waals surface area contributed by atoms with Crippen LogP contribution in [0.25, 0.3) is 0 Å². The molecule has 0 saturated carbocycles. The van der Waals surface area contributed by atoms with Gasteiger partial charge < -0.3 is 10.1 Å². The first-order valence-electron chi connectivity index (χ1n) is 6.54. The van der Waals surface area contributed by atoms with Gasteiger partial charge in [0.1, 0.15) is 5.75 Å². The molecule has 1 N–H and O–H groups in total. The highest BCUT2D eigenvalue weighted by atomic mass is 16.5. The van der Waals surface area contributed by atoms with Gasteiger partial charge in [-0.15, -0.1) is 0 Å². The Kier molecular flexibility index (Phi) is 4.08. The smallest absolute Gasteiger partial charge is 0.255 e. The number of ether oxygens (including phenoxy) is 1. The predicted octanol–water partition coefficient (Wildman–Crippen LogP) is 3.87. The molecular formula is C17H19NO2. The van der Waals surface area contributed by atoms with Gasteiger partial charge in [-0.2, -0.15) is 0 Å². The summed E-state index contributed by atoms with van der Waals surface area (Å²) in [4.78, 5) is 12.3. The van der Waals surface area contributed by atoms with Crippen molar-refractivity contribution in [3.8, 4) is 5.75 Å². The highest BCUT2D eigenvalue weighted by Crippen LogP contribution is 2.21. The van der Waals surface area contributed by atoms with Crippen LogP contribution in [0.1, 0.15) is 27.0 Å². The van der Waals surface area contributed by atoms with E-state index in [0.29, 0.717) is 5.56 Å². The zero-order valence-electron chi connectivity index (χ0n) is 12.3. The first-order chi connectivity index (χ1) is 9.51. The Morgan fingerprint density at radius 1 is 1.00 bits per heavy atom.